The van der Waals surface area contributed by atoms with Gasteiger partial charge in [0.1, 0.15) is 0 Å². The molecule has 15 heavy (non-hydrogen) atoms. The summed E-state index contributed by atoms with van der Waals surface area (Å²) >= 11 is 0. The van der Waals surface area contributed by atoms with E-state index in [1.54, 1.807) is 26.5 Å². The summed E-state index contributed by atoms with van der Waals surface area (Å²) < 4.78 is 10.2. The second-order valence-electron chi connectivity index (χ2n) is 3.59. The predicted molar refractivity (Wildman–Crippen MR) is 56.0 cm³/mol. The fourth-order valence-corrected chi connectivity index (χ4v) is 1.58. The molecule has 1 aliphatic rings. The van der Waals surface area contributed by atoms with Crippen molar-refractivity contribution in [2.75, 3.05) is 19.5 Å². The third-order valence-electron chi connectivity index (χ3n) is 2.60. The molecule has 5 heteroatoms. The zero-order valence-electron chi connectivity index (χ0n) is 8.93. The molecule has 1 aromatic rings. The highest BCUT2D eigenvalue weighted by Crippen LogP contribution is 2.25. The highest BCUT2D eigenvalue weighted by atomic mass is 16.5. The van der Waals surface area contributed by atoms with Crippen molar-refractivity contribution < 1.29 is 9.47 Å². The fourth-order valence-electron chi connectivity index (χ4n) is 1.58. The standard InChI is InChI=1S/C10H15N3O2/c1-14-8-5-7(6-8)12-10-11-4-3-9(13-10)15-2/h3-4,7-8H,5-6H2,1-2H3,(H,11,12,13). The van der Waals surface area contributed by atoms with E-state index in [9.17, 15) is 0 Å². The molecule has 1 heterocycles. The van der Waals surface area contributed by atoms with E-state index in [4.69, 9.17) is 9.47 Å². The van der Waals surface area contributed by atoms with Gasteiger partial charge in [0.25, 0.3) is 0 Å². The molecule has 1 N–H and O–H groups in total. The Morgan fingerprint density at radius 2 is 2.20 bits per heavy atom. The van der Waals surface area contributed by atoms with Crippen molar-refractivity contribution in [3.05, 3.63) is 12.3 Å². The molecular formula is C10H15N3O2. The van der Waals surface area contributed by atoms with Crippen LogP contribution < -0.4 is 10.1 Å². The maximum atomic E-state index is 5.19. The second-order valence-corrected chi connectivity index (χ2v) is 3.59. The first-order valence-electron chi connectivity index (χ1n) is 4.98. The second kappa shape index (κ2) is 4.44. The van der Waals surface area contributed by atoms with E-state index in [-0.39, 0.29) is 0 Å². The molecule has 1 saturated carbocycles. The molecule has 0 radical (unpaired) electrons. The number of hydrogen-bond acceptors (Lipinski definition) is 5. The van der Waals surface area contributed by atoms with Crippen LogP contribution in [0.15, 0.2) is 12.3 Å². The SMILES string of the molecule is COc1ccnc(NC2CC(OC)C2)n1. The van der Waals surface area contributed by atoms with Crippen molar-refractivity contribution >= 4 is 5.95 Å². The lowest BCUT2D eigenvalue weighted by molar-refractivity contribution is 0.0327. The minimum absolute atomic E-state index is 0.383. The van der Waals surface area contributed by atoms with Crippen LogP contribution in [0.2, 0.25) is 0 Å². The van der Waals surface area contributed by atoms with E-state index in [1.165, 1.54) is 0 Å². The first-order chi connectivity index (χ1) is 7.31. The van der Waals surface area contributed by atoms with Crippen LogP contribution >= 0.6 is 0 Å². The number of aromatic nitrogens is 2. The van der Waals surface area contributed by atoms with E-state index < -0.39 is 0 Å². The lowest BCUT2D eigenvalue weighted by Gasteiger charge is -2.34. The monoisotopic (exact) mass is 209 g/mol. The van der Waals surface area contributed by atoms with Gasteiger partial charge in [0.15, 0.2) is 0 Å². The predicted octanol–water partition coefficient (Wildman–Crippen LogP) is 1.07. The first kappa shape index (κ1) is 10.2. The van der Waals surface area contributed by atoms with E-state index in [1.807, 2.05) is 0 Å². The van der Waals surface area contributed by atoms with Gasteiger partial charge in [-0.1, -0.05) is 0 Å². The number of anilines is 1. The number of ether oxygens (including phenoxy) is 2. The molecule has 0 aliphatic heterocycles. The Kier molecular flexibility index (Phi) is 3.01. The molecular weight excluding hydrogens is 194 g/mol. The lowest BCUT2D eigenvalue weighted by Crippen LogP contribution is -2.40. The Bertz CT molecular complexity index is 326. The Hall–Kier alpha value is -1.36. The summed E-state index contributed by atoms with van der Waals surface area (Å²) in [6, 6.07) is 2.14. The Balaban J connectivity index is 1.88. The van der Waals surface area contributed by atoms with Crippen molar-refractivity contribution in [2.24, 2.45) is 0 Å². The van der Waals surface area contributed by atoms with Gasteiger partial charge in [-0.3, -0.25) is 0 Å². The van der Waals surface area contributed by atoms with Gasteiger partial charge in [-0.05, 0) is 12.8 Å². The van der Waals surface area contributed by atoms with E-state index >= 15 is 0 Å². The summed E-state index contributed by atoms with van der Waals surface area (Å²) in [6.45, 7) is 0. The van der Waals surface area contributed by atoms with Gasteiger partial charge in [-0.15, -0.1) is 0 Å². The van der Waals surface area contributed by atoms with Gasteiger partial charge in [0.2, 0.25) is 11.8 Å². The van der Waals surface area contributed by atoms with Gasteiger partial charge >= 0.3 is 0 Å². The normalized spacial score (nSPS) is 24.4. The topological polar surface area (TPSA) is 56.3 Å². The Labute approximate surface area is 88.8 Å². The van der Waals surface area contributed by atoms with Gasteiger partial charge in [-0.2, -0.15) is 4.98 Å². The largest absolute Gasteiger partial charge is 0.481 e. The minimum atomic E-state index is 0.383. The van der Waals surface area contributed by atoms with Crippen LogP contribution in [0.4, 0.5) is 5.95 Å². The molecule has 0 bridgehead atoms. The van der Waals surface area contributed by atoms with Crippen LogP contribution in [0.3, 0.4) is 0 Å². The maximum absolute atomic E-state index is 5.19. The smallest absolute Gasteiger partial charge is 0.226 e. The molecule has 0 unspecified atom stereocenters. The zero-order chi connectivity index (χ0) is 10.7. The summed E-state index contributed by atoms with van der Waals surface area (Å²) in [6.07, 6.45) is 4.09. The van der Waals surface area contributed by atoms with Crippen LogP contribution in [-0.2, 0) is 4.74 Å². The summed E-state index contributed by atoms with van der Waals surface area (Å²) in [7, 11) is 3.33. The molecule has 0 saturated heterocycles. The average Bonchev–Trinajstić information content (AvgIpc) is 2.23. The molecule has 82 valence electrons. The molecule has 2 rings (SSSR count). The van der Waals surface area contributed by atoms with E-state index in [0.29, 0.717) is 24.0 Å². The summed E-state index contributed by atoms with van der Waals surface area (Å²) in [5, 5.41) is 3.24. The summed E-state index contributed by atoms with van der Waals surface area (Å²) in [5.74, 6) is 1.20. The van der Waals surface area contributed by atoms with Crippen molar-refractivity contribution in [1.29, 1.82) is 0 Å². The van der Waals surface area contributed by atoms with Crippen LogP contribution in [0.1, 0.15) is 12.8 Å². The molecule has 0 amide bonds. The molecule has 0 aromatic carbocycles. The number of methoxy groups -OCH3 is 2. The first-order valence-corrected chi connectivity index (χ1v) is 4.98. The van der Waals surface area contributed by atoms with Crippen molar-refractivity contribution in [1.82, 2.24) is 9.97 Å². The van der Waals surface area contributed by atoms with E-state index in [0.717, 1.165) is 12.8 Å². The minimum Gasteiger partial charge on any atom is -0.481 e. The highest BCUT2D eigenvalue weighted by molar-refractivity contribution is 5.29. The third kappa shape index (κ3) is 2.36. The lowest BCUT2D eigenvalue weighted by atomic mass is 9.89. The van der Waals surface area contributed by atoms with Crippen molar-refractivity contribution in [2.45, 2.75) is 25.0 Å². The maximum Gasteiger partial charge on any atom is 0.226 e. The highest BCUT2D eigenvalue weighted by Gasteiger charge is 2.29. The van der Waals surface area contributed by atoms with Crippen molar-refractivity contribution in [3.8, 4) is 5.88 Å². The summed E-state index contributed by atoms with van der Waals surface area (Å²) in [4.78, 5) is 8.30. The molecule has 0 atom stereocenters. The number of nitrogens with one attached hydrogen (secondary N) is 1. The zero-order valence-corrected chi connectivity index (χ0v) is 8.93. The molecule has 0 spiro atoms. The quantitative estimate of drug-likeness (QED) is 0.804. The Morgan fingerprint density at radius 1 is 1.40 bits per heavy atom. The van der Waals surface area contributed by atoms with E-state index in [2.05, 4.69) is 15.3 Å². The van der Waals surface area contributed by atoms with Crippen molar-refractivity contribution in [3.63, 3.8) is 0 Å². The number of nitrogens with zero attached hydrogens (tertiary/aromatic N) is 2. The van der Waals surface area contributed by atoms with Crippen LogP contribution in [0, 0.1) is 0 Å². The van der Waals surface area contributed by atoms with Gasteiger partial charge in [-0.25, -0.2) is 4.98 Å². The Morgan fingerprint density at radius 3 is 2.87 bits per heavy atom. The average molecular weight is 209 g/mol. The number of hydrogen-bond donors (Lipinski definition) is 1. The third-order valence-corrected chi connectivity index (χ3v) is 2.60. The van der Waals surface area contributed by atoms with Crippen LogP contribution in [0.25, 0.3) is 0 Å². The molecule has 1 fully saturated rings. The fraction of sp³-hybridized carbons (Fsp3) is 0.600. The molecule has 1 aliphatic carbocycles. The van der Waals surface area contributed by atoms with Gasteiger partial charge in [0.05, 0.1) is 13.2 Å². The van der Waals surface area contributed by atoms with Crippen LogP contribution in [0.5, 0.6) is 5.88 Å². The van der Waals surface area contributed by atoms with Crippen LogP contribution in [-0.4, -0.2) is 36.3 Å². The number of rotatable bonds is 4. The van der Waals surface area contributed by atoms with Gasteiger partial charge in [0, 0.05) is 25.4 Å². The molecule has 1 aromatic heterocycles. The molecule has 5 nitrogen and oxygen atoms in total. The summed E-state index contributed by atoms with van der Waals surface area (Å²) in [5.41, 5.74) is 0. The van der Waals surface area contributed by atoms with Gasteiger partial charge < -0.3 is 14.8 Å².